The maximum atomic E-state index is 10.8. The van der Waals surface area contributed by atoms with E-state index in [1.54, 1.807) is 6.92 Å². The minimum Gasteiger partial charge on any atom is -0.370 e. The zero-order valence-corrected chi connectivity index (χ0v) is 6.81. The number of hydrogen-bond donors (Lipinski definition) is 0. The second-order valence-electron chi connectivity index (χ2n) is 3.78. The van der Waals surface area contributed by atoms with E-state index in [2.05, 4.69) is 13.8 Å². The highest BCUT2D eigenvalue weighted by molar-refractivity contribution is 5.80. The van der Waals surface area contributed by atoms with Gasteiger partial charge >= 0.3 is 0 Å². The van der Waals surface area contributed by atoms with Gasteiger partial charge in [0.15, 0.2) is 5.78 Å². The Balaban J connectivity index is 2.51. The summed E-state index contributed by atoms with van der Waals surface area (Å²) in [4.78, 5) is 10.8. The first-order valence-electron chi connectivity index (χ1n) is 3.63. The van der Waals surface area contributed by atoms with Crippen molar-refractivity contribution in [2.45, 2.75) is 33.3 Å². The lowest BCUT2D eigenvalue weighted by atomic mass is 9.90. The highest BCUT2D eigenvalue weighted by Gasteiger charge is 2.34. The first-order chi connectivity index (χ1) is 4.51. The third-order valence-corrected chi connectivity index (χ3v) is 1.87. The van der Waals surface area contributed by atoms with E-state index in [0.717, 1.165) is 13.0 Å². The lowest BCUT2D eigenvalue weighted by molar-refractivity contribution is -0.125. The molecule has 1 atom stereocenters. The van der Waals surface area contributed by atoms with Crippen molar-refractivity contribution in [1.82, 2.24) is 0 Å². The highest BCUT2D eigenvalue weighted by atomic mass is 16.5. The quantitative estimate of drug-likeness (QED) is 0.553. The Morgan fingerprint density at radius 1 is 1.60 bits per heavy atom. The van der Waals surface area contributed by atoms with Gasteiger partial charge in [-0.25, -0.2) is 0 Å². The van der Waals surface area contributed by atoms with E-state index >= 15 is 0 Å². The minimum atomic E-state index is -0.130. The molecule has 1 saturated heterocycles. The van der Waals surface area contributed by atoms with Crippen molar-refractivity contribution in [3.8, 4) is 0 Å². The summed E-state index contributed by atoms with van der Waals surface area (Å²) < 4.78 is 5.28. The van der Waals surface area contributed by atoms with Gasteiger partial charge < -0.3 is 4.74 Å². The first-order valence-corrected chi connectivity index (χ1v) is 3.63. The standard InChI is InChI=1S/C8H14O2/c1-6(9)7-4-8(2,3)5-10-7/h7H,4-5H2,1-3H3/t7-/m0/s1. The molecule has 0 aliphatic carbocycles. The van der Waals surface area contributed by atoms with Crippen LogP contribution in [0.4, 0.5) is 0 Å². The van der Waals surface area contributed by atoms with Crippen LogP contribution in [0, 0.1) is 5.41 Å². The Bertz CT molecular complexity index is 149. The molecule has 0 aromatic rings. The van der Waals surface area contributed by atoms with Gasteiger partial charge in [0.1, 0.15) is 6.10 Å². The topological polar surface area (TPSA) is 26.3 Å². The van der Waals surface area contributed by atoms with Crippen LogP contribution >= 0.6 is 0 Å². The van der Waals surface area contributed by atoms with Crippen molar-refractivity contribution in [3.63, 3.8) is 0 Å². The smallest absolute Gasteiger partial charge is 0.158 e. The third kappa shape index (κ3) is 1.57. The van der Waals surface area contributed by atoms with E-state index in [1.807, 2.05) is 0 Å². The van der Waals surface area contributed by atoms with Crippen molar-refractivity contribution in [2.75, 3.05) is 6.61 Å². The Kier molecular flexibility index (Phi) is 1.82. The fourth-order valence-corrected chi connectivity index (χ4v) is 1.21. The van der Waals surface area contributed by atoms with Gasteiger partial charge in [-0.1, -0.05) is 13.8 Å². The van der Waals surface area contributed by atoms with Gasteiger partial charge in [0.25, 0.3) is 0 Å². The summed E-state index contributed by atoms with van der Waals surface area (Å²) in [5.74, 6) is 0.158. The molecule has 1 aliphatic heterocycles. The fraction of sp³-hybridized carbons (Fsp3) is 0.875. The molecule has 2 nitrogen and oxygen atoms in total. The molecule has 0 aromatic heterocycles. The van der Waals surface area contributed by atoms with E-state index < -0.39 is 0 Å². The minimum absolute atomic E-state index is 0.130. The summed E-state index contributed by atoms with van der Waals surface area (Å²) in [6.45, 7) is 6.55. The number of Topliss-reactive ketones (excluding diaryl/α,β-unsaturated/α-hetero) is 1. The first kappa shape index (κ1) is 7.73. The maximum Gasteiger partial charge on any atom is 0.158 e. The van der Waals surface area contributed by atoms with E-state index in [9.17, 15) is 4.79 Å². The van der Waals surface area contributed by atoms with Gasteiger partial charge in [-0.2, -0.15) is 0 Å². The van der Waals surface area contributed by atoms with Gasteiger partial charge in [0, 0.05) is 0 Å². The fourth-order valence-electron chi connectivity index (χ4n) is 1.21. The SMILES string of the molecule is CC(=O)[C@@H]1CC(C)(C)CO1. The average molecular weight is 142 g/mol. The lowest BCUT2D eigenvalue weighted by Gasteiger charge is -2.12. The van der Waals surface area contributed by atoms with Gasteiger partial charge in [-0.3, -0.25) is 4.79 Å². The maximum absolute atomic E-state index is 10.8. The monoisotopic (exact) mass is 142 g/mol. The summed E-state index contributed by atoms with van der Waals surface area (Å²) in [7, 11) is 0. The molecule has 0 amide bonds. The number of ketones is 1. The molecular weight excluding hydrogens is 128 g/mol. The summed E-state index contributed by atoms with van der Waals surface area (Å²) in [5.41, 5.74) is 0.205. The molecule has 10 heavy (non-hydrogen) atoms. The number of ether oxygens (including phenoxy) is 1. The number of rotatable bonds is 1. The molecule has 58 valence electrons. The van der Waals surface area contributed by atoms with Crippen LogP contribution in [0.2, 0.25) is 0 Å². The summed E-state index contributed by atoms with van der Waals surface area (Å²) in [6.07, 6.45) is 0.748. The van der Waals surface area contributed by atoms with Crippen molar-refractivity contribution < 1.29 is 9.53 Å². The predicted molar refractivity (Wildman–Crippen MR) is 38.8 cm³/mol. The Hall–Kier alpha value is -0.370. The van der Waals surface area contributed by atoms with Crippen LogP contribution in [0.5, 0.6) is 0 Å². The molecule has 0 saturated carbocycles. The van der Waals surface area contributed by atoms with Gasteiger partial charge in [0.05, 0.1) is 6.61 Å². The van der Waals surface area contributed by atoms with Gasteiger partial charge in [-0.05, 0) is 18.8 Å². The molecule has 0 aromatic carbocycles. The molecule has 1 fully saturated rings. The van der Waals surface area contributed by atoms with E-state index in [0.29, 0.717) is 0 Å². The highest BCUT2D eigenvalue weighted by Crippen LogP contribution is 2.31. The second kappa shape index (κ2) is 2.35. The van der Waals surface area contributed by atoms with Crippen molar-refractivity contribution in [2.24, 2.45) is 5.41 Å². The zero-order valence-electron chi connectivity index (χ0n) is 6.81. The Morgan fingerprint density at radius 3 is 2.40 bits per heavy atom. The molecule has 1 heterocycles. The largest absolute Gasteiger partial charge is 0.370 e. The number of carbonyl (C=O) groups is 1. The molecular formula is C8H14O2. The molecule has 0 unspecified atom stereocenters. The van der Waals surface area contributed by atoms with Crippen LogP contribution in [-0.4, -0.2) is 18.5 Å². The van der Waals surface area contributed by atoms with Crippen molar-refractivity contribution >= 4 is 5.78 Å². The summed E-state index contributed by atoms with van der Waals surface area (Å²) in [5, 5.41) is 0. The summed E-state index contributed by atoms with van der Waals surface area (Å²) in [6, 6.07) is 0. The lowest BCUT2D eigenvalue weighted by Crippen LogP contribution is -2.16. The van der Waals surface area contributed by atoms with Gasteiger partial charge in [0.2, 0.25) is 0 Å². The predicted octanol–water partition coefficient (Wildman–Crippen LogP) is 1.39. The van der Waals surface area contributed by atoms with Gasteiger partial charge in [-0.15, -0.1) is 0 Å². The van der Waals surface area contributed by atoms with Crippen molar-refractivity contribution in [1.29, 1.82) is 0 Å². The number of carbonyl (C=O) groups excluding carboxylic acids is 1. The molecule has 0 radical (unpaired) electrons. The van der Waals surface area contributed by atoms with Crippen LogP contribution in [0.25, 0.3) is 0 Å². The van der Waals surface area contributed by atoms with Crippen molar-refractivity contribution in [3.05, 3.63) is 0 Å². The second-order valence-corrected chi connectivity index (χ2v) is 3.78. The normalized spacial score (nSPS) is 30.5. The Morgan fingerprint density at radius 2 is 2.20 bits per heavy atom. The van der Waals surface area contributed by atoms with Crippen LogP contribution in [0.15, 0.2) is 0 Å². The molecule has 2 heteroatoms. The van der Waals surface area contributed by atoms with Crippen LogP contribution in [0.1, 0.15) is 27.2 Å². The number of hydrogen-bond acceptors (Lipinski definition) is 2. The van der Waals surface area contributed by atoms with E-state index in [4.69, 9.17) is 4.74 Å². The molecule has 0 N–H and O–H groups in total. The Labute approximate surface area is 61.6 Å². The molecule has 1 rings (SSSR count). The molecule has 1 aliphatic rings. The van der Waals surface area contributed by atoms with E-state index in [-0.39, 0.29) is 17.3 Å². The summed E-state index contributed by atoms with van der Waals surface area (Å²) >= 11 is 0. The third-order valence-electron chi connectivity index (χ3n) is 1.87. The zero-order chi connectivity index (χ0) is 7.78. The van der Waals surface area contributed by atoms with E-state index in [1.165, 1.54) is 0 Å². The average Bonchev–Trinajstić information content (AvgIpc) is 2.10. The molecule has 0 bridgehead atoms. The van der Waals surface area contributed by atoms with Crippen LogP contribution in [0.3, 0.4) is 0 Å². The molecule has 0 spiro atoms. The van der Waals surface area contributed by atoms with Crippen LogP contribution in [-0.2, 0) is 9.53 Å². The van der Waals surface area contributed by atoms with Crippen LogP contribution < -0.4 is 0 Å².